The van der Waals surface area contributed by atoms with Crippen molar-refractivity contribution in [2.75, 3.05) is 19.0 Å². The fraction of sp³-hybridized carbons (Fsp3) is 1.00. The molecule has 0 radical (unpaired) electrons. The molecule has 0 atom stereocenters. The number of rotatable bonds is 5. The van der Waals surface area contributed by atoms with Crippen LogP contribution in [0.1, 0.15) is 25.7 Å². The van der Waals surface area contributed by atoms with E-state index in [4.69, 9.17) is 11.6 Å². The lowest BCUT2D eigenvalue weighted by Gasteiger charge is -2.28. The van der Waals surface area contributed by atoms with Gasteiger partial charge < -0.3 is 5.32 Å². The Morgan fingerprint density at radius 1 is 1.27 bits per heavy atom. The van der Waals surface area contributed by atoms with Gasteiger partial charge in [-0.25, -0.2) is 0 Å². The van der Waals surface area contributed by atoms with E-state index in [1.54, 1.807) is 0 Å². The van der Waals surface area contributed by atoms with Gasteiger partial charge in [-0.3, -0.25) is 4.74 Å². The van der Waals surface area contributed by atoms with Crippen molar-refractivity contribution in [3.8, 4) is 0 Å². The minimum atomic E-state index is -4.54. The number of nitrogens with one attached hydrogen (secondary N) is 1. The lowest BCUT2D eigenvalue weighted by molar-refractivity contribution is -0.323. The molecule has 0 amide bonds. The summed E-state index contributed by atoms with van der Waals surface area (Å²) >= 11 is 5.81. The van der Waals surface area contributed by atoms with Gasteiger partial charge in [-0.15, -0.1) is 24.8 Å². The first-order valence-corrected chi connectivity index (χ1v) is 5.53. The molecular formula is C9H15ClF3NO. The second-order valence-electron chi connectivity index (χ2n) is 3.84. The molecule has 0 aliphatic heterocycles. The minimum Gasteiger partial charge on any atom is -0.308 e. The Morgan fingerprint density at radius 2 is 1.87 bits per heavy atom. The highest BCUT2D eigenvalue weighted by Crippen LogP contribution is 2.30. The van der Waals surface area contributed by atoms with Crippen LogP contribution in [0.15, 0.2) is 0 Å². The Bertz CT molecular complexity index is 192. The summed E-state index contributed by atoms with van der Waals surface area (Å²) in [6.45, 7) is -0.172. The maximum Gasteiger partial charge on any atom is 0.522 e. The van der Waals surface area contributed by atoms with Gasteiger partial charge in [-0.2, -0.15) is 0 Å². The molecule has 0 heterocycles. The summed E-state index contributed by atoms with van der Waals surface area (Å²) in [7, 11) is 0. The first kappa shape index (κ1) is 13.1. The van der Waals surface area contributed by atoms with Crippen LogP contribution in [0.5, 0.6) is 0 Å². The summed E-state index contributed by atoms with van der Waals surface area (Å²) in [5.41, 5.74) is -0.170. The topological polar surface area (TPSA) is 21.3 Å². The molecule has 0 spiro atoms. The Balaban J connectivity index is 2.18. The Morgan fingerprint density at radius 3 is 2.33 bits per heavy atom. The Kier molecular flexibility index (Phi) is 4.67. The molecule has 1 aliphatic rings. The molecule has 1 saturated carbocycles. The van der Waals surface area contributed by atoms with Gasteiger partial charge in [0.05, 0.1) is 6.61 Å². The molecular weight excluding hydrogens is 231 g/mol. The molecule has 0 saturated heterocycles. The van der Waals surface area contributed by atoms with E-state index in [0.29, 0.717) is 5.88 Å². The summed E-state index contributed by atoms with van der Waals surface area (Å²) in [5, 5.41) is 3.06. The van der Waals surface area contributed by atoms with Crippen molar-refractivity contribution in [3.05, 3.63) is 0 Å². The number of halogens is 4. The molecule has 15 heavy (non-hydrogen) atoms. The fourth-order valence-corrected chi connectivity index (χ4v) is 2.25. The number of hydrogen-bond acceptors (Lipinski definition) is 2. The van der Waals surface area contributed by atoms with Gasteiger partial charge in [0.1, 0.15) is 0 Å². The van der Waals surface area contributed by atoms with Gasteiger partial charge >= 0.3 is 6.36 Å². The van der Waals surface area contributed by atoms with Crippen LogP contribution < -0.4 is 5.32 Å². The van der Waals surface area contributed by atoms with Gasteiger partial charge in [0.15, 0.2) is 0 Å². The molecule has 1 fully saturated rings. The van der Waals surface area contributed by atoms with Crippen molar-refractivity contribution in [1.82, 2.24) is 5.32 Å². The average Bonchev–Trinajstić information content (AvgIpc) is 2.60. The van der Waals surface area contributed by atoms with Crippen LogP contribution in [-0.4, -0.2) is 30.9 Å². The van der Waals surface area contributed by atoms with Gasteiger partial charge in [0.25, 0.3) is 0 Å². The van der Waals surface area contributed by atoms with E-state index in [9.17, 15) is 13.2 Å². The third-order valence-corrected chi connectivity index (χ3v) is 3.20. The molecule has 0 aromatic rings. The SMILES string of the molecule is FC(F)(F)OCCNC1(CCl)CCCC1. The van der Waals surface area contributed by atoms with Crippen LogP contribution in [0, 0.1) is 0 Å². The Hall–Kier alpha value is 0. The van der Waals surface area contributed by atoms with Crippen LogP contribution in [0.4, 0.5) is 13.2 Å². The highest BCUT2D eigenvalue weighted by molar-refractivity contribution is 6.18. The van der Waals surface area contributed by atoms with Crippen molar-refractivity contribution in [1.29, 1.82) is 0 Å². The highest BCUT2D eigenvalue weighted by Gasteiger charge is 2.33. The van der Waals surface area contributed by atoms with Crippen molar-refractivity contribution in [2.45, 2.75) is 37.6 Å². The molecule has 1 aliphatic carbocycles. The smallest absolute Gasteiger partial charge is 0.308 e. The van der Waals surface area contributed by atoms with E-state index in [0.717, 1.165) is 25.7 Å². The van der Waals surface area contributed by atoms with Crippen molar-refractivity contribution in [2.24, 2.45) is 0 Å². The van der Waals surface area contributed by atoms with E-state index in [2.05, 4.69) is 10.1 Å². The highest BCUT2D eigenvalue weighted by atomic mass is 35.5. The fourth-order valence-electron chi connectivity index (χ4n) is 1.89. The number of hydrogen-bond donors (Lipinski definition) is 1. The second-order valence-corrected chi connectivity index (χ2v) is 4.11. The third kappa shape index (κ3) is 4.57. The summed E-state index contributed by atoms with van der Waals surface area (Å²) in [4.78, 5) is 0. The monoisotopic (exact) mass is 245 g/mol. The molecule has 2 nitrogen and oxygen atoms in total. The normalized spacial score (nSPS) is 20.8. The van der Waals surface area contributed by atoms with E-state index >= 15 is 0 Å². The van der Waals surface area contributed by atoms with E-state index in [-0.39, 0.29) is 18.7 Å². The standard InChI is InChI=1S/C9H15ClF3NO/c10-7-8(3-1-2-4-8)14-5-6-15-9(11,12)13/h14H,1-7H2. The summed E-state index contributed by atoms with van der Waals surface area (Å²) in [6, 6.07) is 0. The average molecular weight is 246 g/mol. The Labute approximate surface area is 92.1 Å². The minimum absolute atomic E-state index is 0.170. The van der Waals surface area contributed by atoms with Gasteiger partial charge in [-0.05, 0) is 12.8 Å². The quantitative estimate of drug-likeness (QED) is 0.594. The summed E-state index contributed by atoms with van der Waals surface area (Å²) < 4.78 is 38.6. The molecule has 1 N–H and O–H groups in total. The van der Waals surface area contributed by atoms with Crippen LogP contribution in [0.25, 0.3) is 0 Å². The molecule has 0 aromatic carbocycles. The molecule has 0 unspecified atom stereocenters. The first-order chi connectivity index (χ1) is 6.97. The lowest BCUT2D eigenvalue weighted by Crippen LogP contribution is -2.46. The second kappa shape index (κ2) is 5.37. The van der Waals surface area contributed by atoms with E-state index in [1.807, 2.05) is 0 Å². The third-order valence-electron chi connectivity index (χ3n) is 2.68. The summed E-state index contributed by atoms with van der Waals surface area (Å²) in [6.07, 6.45) is -0.504. The van der Waals surface area contributed by atoms with Gasteiger partial charge in [0, 0.05) is 18.0 Å². The number of alkyl halides is 4. The van der Waals surface area contributed by atoms with Gasteiger partial charge in [0.2, 0.25) is 0 Å². The molecule has 0 bridgehead atoms. The van der Waals surface area contributed by atoms with Crippen LogP contribution >= 0.6 is 11.6 Å². The first-order valence-electron chi connectivity index (χ1n) is 4.99. The van der Waals surface area contributed by atoms with Crippen molar-refractivity contribution < 1.29 is 17.9 Å². The molecule has 90 valence electrons. The van der Waals surface area contributed by atoms with Crippen LogP contribution in [0.2, 0.25) is 0 Å². The van der Waals surface area contributed by atoms with E-state index < -0.39 is 6.36 Å². The zero-order valence-corrected chi connectivity index (χ0v) is 9.13. The molecule has 0 aromatic heterocycles. The molecule has 6 heteroatoms. The predicted octanol–water partition coefficient (Wildman–Crippen LogP) is 2.66. The maximum absolute atomic E-state index is 11.7. The zero-order valence-electron chi connectivity index (χ0n) is 8.37. The zero-order chi connectivity index (χ0) is 11.4. The number of ether oxygens (including phenoxy) is 1. The van der Waals surface area contributed by atoms with Crippen LogP contribution in [0.3, 0.4) is 0 Å². The largest absolute Gasteiger partial charge is 0.522 e. The van der Waals surface area contributed by atoms with Crippen molar-refractivity contribution in [3.63, 3.8) is 0 Å². The predicted molar refractivity (Wildman–Crippen MR) is 51.9 cm³/mol. The van der Waals surface area contributed by atoms with Crippen LogP contribution in [-0.2, 0) is 4.74 Å². The lowest BCUT2D eigenvalue weighted by atomic mass is 10.0. The summed E-state index contributed by atoms with van der Waals surface area (Å²) in [5.74, 6) is 0.443. The van der Waals surface area contributed by atoms with E-state index in [1.165, 1.54) is 0 Å². The van der Waals surface area contributed by atoms with Gasteiger partial charge in [-0.1, -0.05) is 12.8 Å². The molecule has 1 rings (SSSR count). The maximum atomic E-state index is 11.7. The van der Waals surface area contributed by atoms with Crippen molar-refractivity contribution >= 4 is 11.6 Å².